The number of hydrogen-bond acceptors (Lipinski definition) is 6. The Kier molecular flexibility index (Phi) is 5.14. The molecule has 0 saturated heterocycles. The Labute approximate surface area is 175 Å². The average molecular weight is 456 g/mol. The first kappa shape index (κ1) is 21.4. The third kappa shape index (κ3) is 4.02. The van der Waals surface area contributed by atoms with E-state index in [9.17, 15) is 31.5 Å². The molecule has 1 N–H and O–H groups in total. The smallest absolute Gasteiger partial charge is 0.405 e. The maximum absolute atomic E-state index is 13.0. The molecule has 9 nitrogen and oxygen atoms in total. The molecule has 0 bridgehead atoms. The summed E-state index contributed by atoms with van der Waals surface area (Å²) in [5, 5.41) is 12.6. The summed E-state index contributed by atoms with van der Waals surface area (Å²) in [5.41, 5.74) is 0.713. The molecule has 0 fully saturated rings. The third-order valence-corrected chi connectivity index (χ3v) is 4.55. The van der Waals surface area contributed by atoms with Gasteiger partial charge in [0.1, 0.15) is 12.1 Å². The van der Waals surface area contributed by atoms with Crippen LogP contribution in [0.15, 0.2) is 28.8 Å². The summed E-state index contributed by atoms with van der Waals surface area (Å²) in [6, 6.07) is 4.40. The van der Waals surface area contributed by atoms with Crippen molar-refractivity contribution >= 4 is 17.6 Å². The van der Waals surface area contributed by atoms with Crippen molar-refractivity contribution in [2.45, 2.75) is 19.1 Å². The van der Waals surface area contributed by atoms with Crippen LogP contribution in [-0.2, 0) is 13.6 Å². The van der Waals surface area contributed by atoms with Crippen molar-refractivity contribution in [3.05, 3.63) is 47.0 Å². The fourth-order valence-corrected chi connectivity index (χ4v) is 3.16. The number of nitrogens with zero attached hydrogens (tertiary/aromatic N) is 5. The third-order valence-electron chi connectivity index (χ3n) is 4.55. The quantitative estimate of drug-likeness (QED) is 0.592. The number of amides is 2. The molecule has 168 valence electrons. The lowest BCUT2D eigenvalue weighted by atomic mass is 10.1. The fraction of sp³-hybridized carbons (Fsp3) is 0.278. The molecule has 3 aromatic rings. The maximum Gasteiger partial charge on any atom is 0.405 e. The molecule has 1 aliphatic heterocycles. The highest BCUT2D eigenvalue weighted by molar-refractivity contribution is 6.13. The Morgan fingerprint density at radius 2 is 2.03 bits per heavy atom. The number of anilines is 1. The number of halogens is 5. The zero-order valence-electron chi connectivity index (χ0n) is 16.2. The van der Waals surface area contributed by atoms with Crippen molar-refractivity contribution in [3.63, 3.8) is 0 Å². The topological polar surface area (TPSA) is 106 Å². The zero-order valence-corrected chi connectivity index (χ0v) is 16.2. The minimum absolute atomic E-state index is 0.00285. The van der Waals surface area contributed by atoms with Crippen LogP contribution in [0.1, 0.15) is 38.6 Å². The van der Waals surface area contributed by atoms with Crippen LogP contribution < -0.4 is 10.2 Å². The van der Waals surface area contributed by atoms with Gasteiger partial charge in [0, 0.05) is 24.4 Å². The van der Waals surface area contributed by atoms with Crippen LogP contribution in [0.4, 0.5) is 27.8 Å². The minimum atomic E-state index is -4.60. The Bertz CT molecular complexity index is 1200. The van der Waals surface area contributed by atoms with Gasteiger partial charge in [-0.1, -0.05) is 6.07 Å². The Morgan fingerprint density at radius 1 is 1.28 bits per heavy atom. The van der Waals surface area contributed by atoms with Gasteiger partial charge in [0.15, 0.2) is 5.82 Å². The van der Waals surface area contributed by atoms with Gasteiger partial charge < -0.3 is 9.73 Å². The van der Waals surface area contributed by atoms with Crippen molar-refractivity contribution in [2.75, 3.05) is 11.4 Å². The molecule has 14 heteroatoms. The number of aromatic nitrogens is 4. The number of aryl methyl sites for hydroxylation is 1. The number of benzene rings is 1. The molecule has 2 aromatic heterocycles. The van der Waals surface area contributed by atoms with Crippen LogP contribution in [0.25, 0.3) is 11.5 Å². The van der Waals surface area contributed by atoms with Crippen LogP contribution in [0, 0.1) is 0 Å². The molecule has 0 atom stereocenters. The average Bonchev–Trinajstić information content (AvgIpc) is 3.43. The number of hydrogen-bond donors (Lipinski definition) is 1. The van der Waals surface area contributed by atoms with Gasteiger partial charge in [-0.15, -0.1) is 10.2 Å². The Morgan fingerprint density at radius 3 is 2.69 bits per heavy atom. The monoisotopic (exact) mass is 456 g/mol. The van der Waals surface area contributed by atoms with Crippen LogP contribution in [0.3, 0.4) is 0 Å². The molecule has 4 rings (SSSR count). The van der Waals surface area contributed by atoms with Gasteiger partial charge in [-0.2, -0.15) is 27.1 Å². The molecule has 0 saturated carbocycles. The van der Waals surface area contributed by atoms with Crippen molar-refractivity contribution in [2.24, 2.45) is 7.05 Å². The summed E-state index contributed by atoms with van der Waals surface area (Å²) in [6.45, 7) is -1.54. The van der Waals surface area contributed by atoms with Crippen molar-refractivity contribution in [1.29, 1.82) is 0 Å². The maximum atomic E-state index is 13.0. The van der Waals surface area contributed by atoms with E-state index < -0.39 is 36.9 Å². The second kappa shape index (κ2) is 7.69. The van der Waals surface area contributed by atoms with Crippen molar-refractivity contribution in [3.8, 4) is 11.5 Å². The second-order valence-electron chi connectivity index (χ2n) is 6.85. The number of carbonyl (C=O) groups excluding carboxylic acids is 2. The molecule has 0 unspecified atom stereocenters. The van der Waals surface area contributed by atoms with Crippen LogP contribution in [-0.4, -0.2) is 44.5 Å². The molecule has 2 amide bonds. The molecule has 1 aliphatic rings. The SMILES string of the molecule is Cn1cc(C(=O)NCC(F)(F)F)c(N2Cc3ccc(-c4nnc(C(F)F)o4)cc3C2=O)n1. The van der Waals surface area contributed by atoms with E-state index in [1.165, 1.54) is 30.1 Å². The number of rotatable bonds is 5. The zero-order chi connectivity index (χ0) is 23.2. The van der Waals surface area contributed by atoms with Crippen LogP contribution in [0.5, 0.6) is 0 Å². The van der Waals surface area contributed by atoms with E-state index in [1.807, 2.05) is 0 Å². The fourth-order valence-electron chi connectivity index (χ4n) is 3.16. The van der Waals surface area contributed by atoms with E-state index in [0.29, 0.717) is 5.56 Å². The van der Waals surface area contributed by atoms with Crippen molar-refractivity contribution in [1.82, 2.24) is 25.3 Å². The number of carbonyl (C=O) groups is 2. The molecule has 0 spiro atoms. The minimum Gasteiger partial charge on any atom is -0.415 e. The number of fused-ring (bicyclic) bond motifs is 1. The van der Waals surface area contributed by atoms with Crippen LogP contribution >= 0.6 is 0 Å². The van der Waals surface area contributed by atoms with E-state index in [4.69, 9.17) is 4.42 Å². The van der Waals surface area contributed by atoms with Gasteiger partial charge in [-0.25, -0.2) is 0 Å². The van der Waals surface area contributed by atoms with Gasteiger partial charge in [0.05, 0.1) is 6.54 Å². The van der Waals surface area contributed by atoms with Crippen LogP contribution in [0.2, 0.25) is 0 Å². The lowest BCUT2D eigenvalue weighted by Gasteiger charge is -2.14. The van der Waals surface area contributed by atoms with E-state index >= 15 is 0 Å². The molecule has 3 heterocycles. The van der Waals surface area contributed by atoms with Crippen molar-refractivity contribution < 1.29 is 36.0 Å². The highest BCUT2D eigenvalue weighted by Crippen LogP contribution is 2.33. The van der Waals surface area contributed by atoms with Gasteiger partial charge in [-0.3, -0.25) is 19.2 Å². The summed E-state index contributed by atoms with van der Waals surface area (Å²) in [5.74, 6) is -2.82. The molecule has 32 heavy (non-hydrogen) atoms. The molecule has 1 aromatic carbocycles. The summed E-state index contributed by atoms with van der Waals surface area (Å²) in [6.07, 6.45) is -6.35. The van der Waals surface area contributed by atoms with Gasteiger partial charge >= 0.3 is 12.6 Å². The summed E-state index contributed by atoms with van der Waals surface area (Å²) < 4.78 is 68.8. The first-order valence-corrected chi connectivity index (χ1v) is 8.99. The molecule has 0 radical (unpaired) electrons. The lowest BCUT2D eigenvalue weighted by molar-refractivity contribution is -0.123. The largest absolute Gasteiger partial charge is 0.415 e. The molecule has 0 aliphatic carbocycles. The van der Waals surface area contributed by atoms with Gasteiger partial charge in [0.2, 0.25) is 5.89 Å². The highest BCUT2D eigenvalue weighted by atomic mass is 19.4. The lowest BCUT2D eigenvalue weighted by Crippen LogP contribution is -2.35. The number of alkyl halides is 5. The van der Waals surface area contributed by atoms with Gasteiger partial charge in [-0.05, 0) is 17.7 Å². The summed E-state index contributed by atoms with van der Waals surface area (Å²) >= 11 is 0. The second-order valence-corrected chi connectivity index (χ2v) is 6.85. The highest BCUT2D eigenvalue weighted by Gasteiger charge is 2.35. The Balaban J connectivity index is 1.61. The number of nitrogens with one attached hydrogen (secondary N) is 1. The molecular weight excluding hydrogens is 443 g/mol. The summed E-state index contributed by atoms with van der Waals surface area (Å²) in [4.78, 5) is 26.4. The summed E-state index contributed by atoms with van der Waals surface area (Å²) in [7, 11) is 1.45. The predicted molar refractivity (Wildman–Crippen MR) is 96.8 cm³/mol. The van der Waals surface area contributed by atoms with E-state index in [2.05, 4.69) is 15.3 Å². The first-order chi connectivity index (χ1) is 15.0. The van der Waals surface area contributed by atoms with E-state index in [-0.39, 0.29) is 34.9 Å². The van der Waals surface area contributed by atoms with Gasteiger partial charge in [0.25, 0.3) is 17.7 Å². The Hall–Kier alpha value is -3.84. The van der Waals surface area contributed by atoms with E-state index in [0.717, 1.165) is 4.90 Å². The first-order valence-electron chi connectivity index (χ1n) is 8.99. The van der Waals surface area contributed by atoms with E-state index in [1.54, 1.807) is 11.4 Å². The predicted octanol–water partition coefficient (Wildman–Crippen LogP) is 2.86. The standard InChI is InChI=1S/C18H13F5N6O3/c1-28-6-11(14(30)24-7-18(21,22)23)13(27-28)29-5-9-3-2-8(4-10(9)17(29)31)15-25-26-16(32-15)12(19)20/h2-4,6,12H,5,7H2,1H3,(H,24,30). The molecular formula is C18H13F5N6O3. The normalized spacial score (nSPS) is 13.7.